The highest BCUT2D eigenvalue weighted by Crippen LogP contribution is 2.48. The van der Waals surface area contributed by atoms with E-state index in [4.69, 9.17) is 9.47 Å². The minimum atomic E-state index is -0.242. The number of carbonyl (C=O) groups is 1. The quantitative estimate of drug-likeness (QED) is 0.527. The number of fused-ring (bicyclic) bond motifs is 1. The van der Waals surface area contributed by atoms with Gasteiger partial charge in [-0.15, -0.1) is 0 Å². The van der Waals surface area contributed by atoms with Crippen LogP contribution in [0.3, 0.4) is 0 Å². The summed E-state index contributed by atoms with van der Waals surface area (Å²) in [5, 5.41) is 3.56. The first-order valence-corrected chi connectivity index (χ1v) is 13.2. The molecule has 1 heterocycles. The molecule has 3 aliphatic rings. The predicted octanol–water partition coefficient (Wildman–Crippen LogP) is 6.60. The lowest BCUT2D eigenvalue weighted by Gasteiger charge is -2.52. The fourth-order valence-electron chi connectivity index (χ4n) is 6.46. The maximum Gasteiger partial charge on any atom is 0.223 e. The Morgan fingerprint density at radius 2 is 1.85 bits per heavy atom. The Bertz CT molecular complexity index is 970. The van der Waals surface area contributed by atoms with Crippen LogP contribution in [-0.4, -0.2) is 17.6 Å². The van der Waals surface area contributed by atoms with Crippen LogP contribution >= 0.6 is 0 Å². The third-order valence-electron chi connectivity index (χ3n) is 8.43. The number of rotatable bonds is 6. The number of nitrogens with one attached hydrogen (secondary N) is 1. The first-order chi connectivity index (χ1) is 16.5. The lowest BCUT2D eigenvalue weighted by molar-refractivity contribution is -0.155. The number of ether oxygens (including phenoxy) is 2. The second kappa shape index (κ2) is 10.1. The van der Waals surface area contributed by atoms with Crippen molar-refractivity contribution in [3.05, 3.63) is 65.7 Å². The first kappa shape index (κ1) is 23.4. The van der Waals surface area contributed by atoms with Gasteiger partial charge in [0, 0.05) is 23.8 Å². The highest BCUT2D eigenvalue weighted by atomic mass is 16.5. The molecule has 2 aliphatic carbocycles. The van der Waals surface area contributed by atoms with Crippen molar-refractivity contribution in [3.63, 3.8) is 0 Å². The third-order valence-corrected chi connectivity index (χ3v) is 8.43. The van der Waals surface area contributed by atoms with Gasteiger partial charge in [0.25, 0.3) is 0 Å². The van der Waals surface area contributed by atoms with Gasteiger partial charge in [-0.25, -0.2) is 0 Å². The average Bonchev–Trinajstić information content (AvgIpc) is 3.38. The molecule has 182 valence electrons. The highest BCUT2D eigenvalue weighted by Gasteiger charge is 2.50. The SMILES string of the molecule is C[C@H]1CC[C@H]2[C@H](C1)O[C@H](c1cccc(OCc3ccccc3)c1)C[C@]2(C)NC(=O)C1CCCC1. The molecular formula is C30H39NO3. The molecule has 34 heavy (non-hydrogen) atoms. The summed E-state index contributed by atoms with van der Waals surface area (Å²) in [6.45, 7) is 5.15. The zero-order valence-electron chi connectivity index (χ0n) is 20.7. The molecule has 0 radical (unpaired) electrons. The minimum absolute atomic E-state index is 0.0410. The van der Waals surface area contributed by atoms with E-state index in [-0.39, 0.29) is 29.6 Å². The predicted molar refractivity (Wildman–Crippen MR) is 134 cm³/mol. The van der Waals surface area contributed by atoms with Crippen molar-refractivity contribution in [2.75, 3.05) is 0 Å². The van der Waals surface area contributed by atoms with Gasteiger partial charge in [-0.3, -0.25) is 4.79 Å². The lowest BCUT2D eigenvalue weighted by atomic mass is 9.66. The first-order valence-electron chi connectivity index (χ1n) is 13.2. The number of hydrogen-bond donors (Lipinski definition) is 1. The molecule has 3 fully saturated rings. The van der Waals surface area contributed by atoms with E-state index >= 15 is 0 Å². The number of carbonyl (C=O) groups excluding carboxylic acids is 1. The second-order valence-electron chi connectivity index (χ2n) is 11.1. The van der Waals surface area contributed by atoms with E-state index in [0.29, 0.717) is 18.4 Å². The van der Waals surface area contributed by atoms with Crippen LogP contribution < -0.4 is 10.1 Å². The maximum atomic E-state index is 13.2. The summed E-state index contributed by atoms with van der Waals surface area (Å²) in [4.78, 5) is 13.2. The Balaban J connectivity index is 1.34. The molecule has 0 spiro atoms. The molecule has 0 bridgehead atoms. The monoisotopic (exact) mass is 461 g/mol. The summed E-state index contributed by atoms with van der Waals surface area (Å²) in [5.74, 6) is 2.35. The van der Waals surface area contributed by atoms with Crippen LogP contribution in [0.5, 0.6) is 5.75 Å². The largest absolute Gasteiger partial charge is 0.489 e. The lowest BCUT2D eigenvalue weighted by Crippen LogP contribution is -2.61. The molecule has 0 aromatic heterocycles. The van der Waals surface area contributed by atoms with E-state index in [1.54, 1.807) is 0 Å². The fourth-order valence-corrected chi connectivity index (χ4v) is 6.46. The van der Waals surface area contributed by atoms with E-state index in [0.717, 1.165) is 49.0 Å². The van der Waals surface area contributed by atoms with Crippen molar-refractivity contribution in [2.24, 2.45) is 17.8 Å². The number of benzene rings is 2. The van der Waals surface area contributed by atoms with Crippen LogP contribution in [0.1, 0.15) is 82.4 Å². The van der Waals surface area contributed by atoms with Crippen LogP contribution in [0.15, 0.2) is 54.6 Å². The van der Waals surface area contributed by atoms with Crippen molar-refractivity contribution in [3.8, 4) is 5.75 Å². The number of hydrogen-bond acceptors (Lipinski definition) is 3. The number of amides is 1. The Morgan fingerprint density at radius 3 is 2.65 bits per heavy atom. The van der Waals surface area contributed by atoms with Gasteiger partial charge >= 0.3 is 0 Å². The summed E-state index contributed by atoms with van der Waals surface area (Å²) in [7, 11) is 0. The smallest absolute Gasteiger partial charge is 0.223 e. The molecule has 4 nitrogen and oxygen atoms in total. The summed E-state index contributed by atoms with van der Waals surface area (Å²) in [6.07, 6.45) is 8.80. The van der Waals surface area contributed by atoms with Crippen molar-refractivity contribution < 1.29 is 14.3 Å². The third kappa shape index (κ3) is 5.17. The standard InChI is InChI=1S/C30H39NO3/c1-21-15-16-26-27(17-21)34-28(19-30(26,2)31-29(32)23-11-6-7-12-23)24-13-8-14-25(18-24)33-20-22-9-4-3-5-10-22/h3-5,8-10,13-14,18,21,23,26-28H,6-7,11-12,15-17,19-20H2,1-2H3,(H,31,32)/t21-,26-,27-,28-,30-/m0/s1. The van der Waals surface area contributed by atoms with Gasteiger partial charge in [0.05, 0.1) is 12.2 Å². The van der Waals surface area contributed by atoms with Crippen molar-refractivity contribution >= 4 is 5.91 Å². The molecule has 0 unspecified atom stereocenters. The molecule has 4 heteroatoms. The Morgan fingerprint density at radius 1 is 1.06 bits per heavy atom. The second-order valence-corrected chi connectivity index (χ2v) is 11.1. The van der Waals surface area contributed by atoms with Gasteiger partial charge in [0.15, 0.2) is 0 Å². The molecule has 1 amide bonds. The zero-order chi connectivity index (χ0) is 23.5. The van der Waals surface area contributed by atoms with E-state index in [2.05, 4.69) is 49.5 Å². The molecule has 2 saturated carbocycles. The molecule has 1 aliphatic heterocycles. The molecule has 2 aromatic carbocycles. The van der Waals surface area contributed by atoms with Crippen LogP contribution in [0.4, 0.5) is 0 Å². The minimum Gasteiger partial charge on any atom is -0.489 e. The Labute approximate surface area is 204 Å². The molecule has 2 aromatic rings. The Kier molecular flexibility index (Phi) is 6.96. The van der Waals surface area contributed by atoms with E-state index < -0.39 is 0 Å². The topological polar surface area (TPSA) is 47.6 Å². The molecule has 5 rings (SSSR count). The van der Waals surface area contributed by atoms with Gasteiger partial charge in [0.2, 0.25) is 5.91 Å². The van der Waals surface area contributed by atoms with Crippen molar-refractivity contribution in [2.45, 2.75) is 89.6 Å². The maximum absolute atomic E-state index is 13.2. The highest BCUT2D eigenvalue weighted by molar-refractivity contribution is 5.79. The van der Waals surface area contributed by atoms with Crippen LogP contribution in [0.2, 0.25) is 0 Å². The van der Waals surface area contributed by atoms with Crippen LogP contribution in [0.25, 0.3) is 0 Å². The van der Waals surface area contributed by atoms with E-state index in [9.17, 15) is 4.79 Å². The van der Waals surface area contributed by atoms with E-state index in [1.165, 1.54) is 19.3 Å². The zero-order valence-corrected chi connectivity index (χ0v) is 20.7. The van der Waals surface area contributed by atoms with Crippen LogP contribution in [-0.2, 0) is 16.1 Å². The van der Waals surface area contributed by atoms with Gasteiger partial charge in [-0.2, -0.15) is 0 Å². The van der Waals surface area contributed by atoms with Gasteiger partial charge < -0.3 is 14.8 Å². The van der Waals surface area contributed by atoms with Crippen molar-refractivity contribution in [1.29, 1.82) is 0 Å². The molecule has 1 saturated heterocycles. The molecule has 5 atom stereocenters. The fraction of sp³-hybridized carbons (Fsp3) is 0.567. The molecule has 1 N–H and O–H groups in total. The van der Waals surface area contributed by atoms with Crippen molar-refractivity contribution in [1.82, 2.24) is 5.32 Å². The Hall–Kier alpha value is -2.33. The van der Waals surface area contributed by atoms with E-state index in [1.807, 2.05) is 24.3 Å². The summed E-state index contributed by atoms with van der Waals surface area (Å²) >= 11 is 0. The summed E-state index contributed by atoms with van der Waals surface area (Å²) < 4.78 is 12.9. The average molecular weight is 462 g/mol. The van der Waals surface area contributed by atoms with Gasteiger partial charge in [-0.05, 0) is 61.8 Å². The molecular weight excluding hydrogens is 422 g/mol. The normalized spacial score (nSPS) is 31.6. The summed E-state index contributed by atoms with van der Waals surface area (Å²) in [6, 6.07) is 18.6. The van der Waals surface area contributed by atoms with Crippen LogP contribution in [0, 0.1) is 17.8 Å². The van der Waals surface area contributed by atoms with Gasteiger partial charge in [-0.1, -0.05) is 68.7 Å². The van der Waals surface area contributed by atoms with Gasteiger partial charge in [0.1, 0.15) is 12.4 Å². The summed E-state index contributed by atoms with van der Waals surface area (Å²) in [5.41, 5.74) is 2.06.